The van der Waals surface area contributed by atoms with Crippen molar-refractivity contribution in [3.8, 4) is 0 Å². The second kappa shape index (κ2) is 6.40. The smallest absolute Gasteiger partial charge is 0.146 e. The molecule has 0 aromatic heterocycles. The van der Waals surface area contributed by atoms with Crippen LogP contribution in [-0.4, -0.2) is 20.0 Å². The van der Waals surface area contributed by atoms with E-state index in [0.29, 0.717) is 20.0 Å². The molecule has 0 radical (unpaired) electrons. The Kier molecular flexibility index (Phi) is 5.04. The number of anilines is 1. The predicted octanol–water partition coefficient (Wildman–Crippen LogP) is 1.82. The maximum atomic E-state index is 5.77. The van der Waals surface area contributed by atoms with E-state index >= 15 is 0 Å². The molecule has 0 fully saturated rings. The number of nitrogens with two attached hydrogens (primary N) is 1. The van der Waals surface area contributed by atoms with E-state index in [2.05, 4.69) is 0 Å². The maximum absolute atomic E-state index is 5.77. The van der Waals surface area contributed by atoms with Gasteiger partial charge in [-0.25, -0.2) is 0 Å². The van der Waals surface area contributed by atoms with E-state index in [1.807, 2.05) is 31.2 Å². The third-order valence-electron chi connectivity index (χ3n) is 1.94. The van der Waals surface area contributed by atoms with Gasteiger partial charge < -0.3 is 15.2 Å². The van der Waals surface area contributed by atoms with Crippen LogP contribution < -0.4 is 5.73 Å². The van der Waals surface area contributed by atoms with Gasteiger partial charge in [0.05, 0.1) is 6.61 Å². The second-order valence-corrected chi connectivity index (χ2v) is 2.97. The van der Waals surface area contributed by atoms with Gasteiger partial charge in [-0.05, 0) is 25.0 Å². The number of benzene rings is 1. The highest BCUT2D eigenvalue weighted by Gasteiger charge is 1.96. The molecule has 0 spiro atoms. The summed E-state index contributed by atoms with van der Waals surface area (Å²) in [6, 6.07) is 7.82. The van der Waals surface area contributed by atoms with Crippen LogP contribution in [0.4, 0.5) is 5.69 Å². The third kappa shape index (κ3) is 3.77. The number of rotatable bonds is 6. The Labute approximate surface area is 84.8 Å². The molecular weight excluding hydrogens is 178 g/mol. The Hall–Kier alpha value is -1.06. The predicted molar refractivity (Wildman–Crippen MR) is 57.0 cm³/mol. The molecule has 1 rings (SSSR count). The SMILES string of the molecule is CCOCOCCc1ccccc1N. The minimum atomic E-state index is 0.364. The number of ether oxygens (including phenoxy) is 2. The third-order valence-corrected chi connectivity index (χ3v) is 1.94. The normalized spacial score (nSPS) is 10.4. The number of para-hydroxylation sites is 1. The zero-order chi connectivity index (χ0) is 10.2. The molecule has 0 bridgehead atoms. The summed E-state index contributed by atoms with van der Waals surface area (Å²) in [5.41, 5.74) is 7.73. The standard InChI is InChI=1S/C11H17NO2/c1-2-13-9-14-8-7-10-5-3-4-6-11(10)12/h3-6H,2,7-9,12H2,1H3. The van der Waals surface area contributed by atoms with Gasteiger partial charge in [0, 0.05) is 12.3 Å². The van der Waals surface area contributed by atoms with Crippen LogP contribution in [0.15, 0.2) is 24.3 Å². The fraction of sp³-hybridized carbons (Fsp3) is 0.455. The van der Waals surface area contributed by atoms with Crippen molar-refractivity contribution in [1.82, 2.24) is 0 Å². The van der Waals surface area contributed by atoms with Crippen LogP contribution >= 0.6 is 0 Å². The number of hydrogen-bond acceptors (Lipinski definition) is 3. The summed E-state index contributed by atoms with van der Waals surface area (Å²) < 4.78 is 10.3. The zero-order valence-electron chi connectivity index (χ0n) is 8.53. The fourth-order valence-electron chi connectivity index (χ4n) is 1.15. The molecule has 0 unspecified atom stereocenters. The van der Waals surface area contributed by atoms with E-state index in [1.165, 1.54) is 0 Å². The Morgan fingerprint density at radius 1 is 1.21 bits per heavy atom. The van der Waals surface area contributed by atoms with Crippen molar-refractivity contribution in [2.45, 2.75) is 13.3 Å². The summed E-state index contributed by atoms with van der Waals surface area (Å²) in [5, 5.41) is 0. The van der Waals surface area contributed by atoms with Crippen molar-refractivity contribution in [2.75, 3.05) is 25.7 Å². The van der Waals surface area contributed by atoms with Crippen molar-refractivity contribution >= 4 is 5.69 Å². The fourth-order valence-corrected chi connectivity index (χ4v) is 1.15. The summed E-state index contributed by atoms with van der Waals surface area (Å²) in [4.78, 5) is 0. The highest BCUT2D eigenvalue weighted by atomic mass is 16.7. The zero-order valence-corrected chi connectivity index (χ0v) is 8.53. The topological polar surface area (TPSA) is 44.5 Å². The first-order valence-corrected chi connectivity index (χ1v) is 4.83. The minimum Gasteiger partial charge on any atom is -0.399 e. The van der Waals surface area contributed by atoms with Gasteiger partial charge in [0.2, 0.25) is 0 Å². The number of nitrogen functional groups attached to an aromatic ring is 1. The molecule has 0 atom stereocenters. The molecule has 0 heterocycles. The van der Waals surface area contributed by atoms with Gasteiger partial charge in [-0.2, -0.15) is 0 Å². The van der Waals surface area contributed by atoms with E-state index in [1.54, 1.807) is 0 Å². The first-order chi connectivity index (χ1) is 6.84. The molecule has 0 saturated heterocycles. The average molecular weight is 195 g/mol. The van der Waals surface area contributed by atoms with Crippen molar-refractivity contribution < 1.29 is 9.47 Å². The molecule has 14 heavy (non-hydrogen) atoms. The molecule has 3 nitrogen and oxygen atoms in total. The summed E-state index contributed by atoms with van der Waals surface area (Å²) in [6.45, 7) is 3.64. The summed E-state index contributed by atoms with van der Waals surface area (Å²) >= 11 is 0. The van der Waals surface area contributed by atoms with Crippen LogP contribution in [-0.2, 0) is 15.9 Å². The lowest BCUT2D eigenvalue weighted by Gasteiger charge is -2.06. The van der Waals surface area contributed by atoms with Crippen LogP contribution in [0.5, 0.6) is 0 Å². The van der Waals surface area contributed by atoms with Gasteiger partial charge in [0.25, 0.3) is 0 Å². The first kappa shape index (κ1) is 11.0. The Morgan fingerprint density at radius 3 is 2.71 bits per heavy atom. The molecular formula is C11H17NO2. The van der Waals surface area contributed by atoms with Crippen molar-refractivity contribution in [2.24, 2.45) is 0 Å². The molecule has 0 aliphatic heterocycles. The summed E-state index contributed by atoms with van der Waals surface area (Å²) in [7, 11) is 0. The lowest BCUT2D eigenvalue weighted by atomic mass is 10.1. The molecule has 0 saturated carbocycles. The number of hydrogen-bond donors (Lipinski definition) is 1. The molecule has 2 N–H and O–H groups in total. The molecule has 78 valence electrons. The van der Waals surface area contributed by atoms with Crippen LogP contribution in [0.1, 0.15) is 12.5 Å². The monoisotopic (exact) mass is 195 g/mol. The Morgan fingerprint density at radius 2 is 2.00 bits per heavy atom. The first-order valence-electron chi connectivity index (χ1n) is 4.83. The molecule has 1 aromatic rings. The molecule has 0 aliphatic rings. The highest BCUT2D eigenvalue weighted by Crippen LogP contribution is 2.10. The second-order valence-electron chi connectivity index (χ2n) is 2.97. The molecule has 0 aliphatic carbocycles. The minimum absolute atomic E-state index is 0.364. The van der Waals surface area contributed by atoms with Crippen LogP contribution in [0.25, 0.3) is 0 Å². The Balaban J connectivity index is 2.21. The van der Waals surface area contributed by atoms with Crippen molar-refractivity contribution in [3.63, 3.8) is 0 Å². The van der Waals surface area contributed by atoms with E-state index < -0.39 is 0 Å². The van der Waals surface area contributed by atoms with Crippen molar-refractivity contribution in [1.29, 1.82) is 0 Å². The molecule has 1 aromatic carbocycles. The van der Waals surface area contributed by atoms with Gasteiger partial charge in [0.1, 0.15) is 6.79 Å². The van der Waals surface area contributed by atoms with E-state index in [4.69, 9.17) is 15.2 Å². The lowest BCUT2D eigenvalue weighted by Crippen LogP contribution is -2.04. The summed E-state index contributed by atoms with van der Waals surface area (Å²) in [5.74, 6) is 0. The van der Waals surface area contributed by atoms with Crippen LogP contribution in [0.3, 0.4) is 0 Å². The van der Waals surface area contributed by atoms with Gasteiger partial charge >= 0.3 is 0 Å². The van der Waals surface area contributed by atoms with E-state index in [-0.39, 0.29) is 0 Å². The van der Waals surface area contributed by atoms with Crippen molar-refractivity contribution in [3.05, 3.63) is 29.8 Å². The maximum Gasteiger partial charge on any atom is 0.146 e. The van der Waals surface area contributed by atoms with Gasteiger partial charge in [-0.3, -0.25) is 0 Å². The lowest BCUT2D eigenvalue weighted by molar-refractivity contribution is -0.0481. The van der Waals surface area contributed by atoms with Gasteiger partial charge in [-0.1, -0.05) is 18.2 Å². The average Bonchev–Trinajstić information content (AvgIpc) is 2.20. The molecule has 0 amide bonds. The van der Waals surface area contributed by atoms with Crippen LogP contribution in [0, 0.1) is 0 Å². The van der Waals surface area contributed by atoms with E-state index in [9.17, 15) is 0 Å². The summed E-state index contributed by atoms with van der Waals surface area (Å²) in [6.07, 6.45) is 0.833. The van der Waals surface area contributed by atoms with Crippen LogP contribution in [0.2, 0.25) is 0 Å². The highest BCUT2D eigenvalue weighted by molar-refractivity contribution is 5.46. The van der Waals surface area contributed by atoms with Gasteiger partial charge in [-0.15, -0.1) is 0 Å². The van der Waals surface area contributed by atoms with Gasteiger partial charge in [0.15, 0.2) is 0 Å². The Bertz CT molecular complexity index is 263. The molecule has 3 heteroatoms. The largest absolute Gasteiger partial charge is 0.399 e. The van der Waals surface area contributed by atoms with E-state index in [0.717, 1.165) is 17.7 Å². The quantitative estimate of drug-likeness (QED) is 0.428.